The van der Waals surface area contributed by atoms with Crippen LogP contribution in [0.25, 0.3) is 0 Å². The molecule has 1 saturated carbocycles. The summed E-state index contributed by atoms with van der Waals surface area (Å²) in [7, 11) is 0. The summed E-state index contributed by atoms with van der Waals surface area (Å²) in [4.78, 5) is 14.1. The third-order valence-corrected chi connectivity index (χ3v) is 4.23. The molecule has 3 nitrogen and oxygen atoms in total. The Hall–Kier alpha value is -1.49. The Morgan fingerprint density at radius 1 is 1.24 bits per heavy atom. The maximum atomic E-state index is 13.6. The Bertz CT molecular complexity index is 479. The van der Waals surface area contributed by atoms with Crippen LogP contribution in [0.15, 0.2) is 18.2 Å². The third-order valence-electron chi connectivity index (χ3n) is 4.23. The van der Waals surface area contributed by atoms with Crippen molar-refractivity contribution in [2.45, 2.75) is 51.1 Å². The summed E-state index contributed by atoms with van der Waals surface area (Å²) in [6.45, 7) is 2.44. The Morgan fingerprint density at radius 3 is 2.33 bits per heavy atom. The SMILES string of the molecule is CCN(C(=O)Cc1c(F)cccc1F)C1CCC(N)CC1. The fourth-order valence-electron chi connectivity index (χ4n) is 3.01. The van der Waals surface area contributed by atoms with Crippen molar-refractivity contribution in [3.05, 3.63) is 35.4 Å². The first-order valence-electron chi connectivity index (χ1n) is 7.50. The molecule has 0 radical (unpaired) electrons. The lowest BCUT2D eigenvalue weighted by Gasteiger charge is -2.35. The number of nitrogens with zero attached hydrogens (tertiary/aromatic N) is 1. The first-order valence-corrected chi connectivity index (χ1v) is 7.50. The normalized spacial score (nSPS) is 22.1. The summed E-state index contributed by atoms with van der Waals surface area (Å²) in [5.41, 5.74) is 5.73. The maximum absolute atomic E-state index is 13.6. The van der Waals surface area contributed by atoms with E-state index in [0.717, 1.165) is 25.7 Å². The van der Waals surface area contributed by atoms with E-state index < -0.39 is 11.6 Å². The molecule has 1 fully saturated rings. The molecule has 1 aromatic carbocycles. The molecule has 2 rings (SSSR count). The van der Waals surface area contributed by atoms with Crippen molar-refractivity contribution in [2.24, 2.45) is 5.73 Å². The highest BCUT2D eigenvalue weighted by Gasteiger charge is 2.27. The van der Waals surface area contributed by atoms with E-state index in [2.05, 4.69) is 0 Å². The summed E-state index contributed by atoms with van der Waals surface area (Å²) >= 11 is 0. The van der Waals surface area contributed by atoms with Gasteiger partial charge in [0.25, 0.3) is 0 Å². The molecule has 1 aliphatic rings. The van der Waals surface area contributed by atoms with Gasteiger partial charge in [0.1, 0.15) is 11.6 Å². The monoisotopic (exact) mass is 296 g/mol. The number of likely N-dealkylation sites (N-methyl/N-ethyl adjacent to an activating group) is 1. The van der Waals surface area contributed by atoms with Gasteiger partial charge in [0.05, 0.1) is 6.42 Å². The van der Waals surface area contributed by atoms with E-state index in [4.69, 9.17) is 5.73 Å². The molecule has 0 unspecified atom stereocenters. The van der Waals surface area contributed by atoms with Crippen molar-refractivity contribution in [1.29, 1.82) is 0 Å². The highest BCUT2D eigenvalue weighted by atomic mass is 19.1. The van der Waals surface area contributed by atoms with Gasteiger partial charge in [0.15, 0.2) is 0 Å². The number of rotatable bonds is 4. The first-order chi connectivity index (χ1) is 10.0. The zero-order valence-electron chi connectivity index (χ0n) is 12.3. The summed E-state index contributed by atoms with van der Waals surface area (Å²) in [5, 5.41) is 0. The number of amides is 1. The standard InChI is InChI=1S/C16H22F2N2O/c1-2-20(12-8-6-11(19)7-9-12)16(21)10-13-14(17)4-3-5-15(13)18/h3-5,11-12H,2,6-10,19H2,1H3. The number of carbonyl (C=O) groups excluding carboxylic acids is 1. The molecule has 1 aliphatic carbocycles. The predicted molar refractivity (Wildman–Crippen MR) is 77.7 cm³/mol. The summed E-state index contributed by atoms with van der Waals surface area (Å²) in [6, 6.07) is 4.01. The molecule has 0 saturated heterocycles. The Labute approximate surface area is 124 Å². The molecular formula is C16H22F2N2O. The Morgan fingerprint density at radius 2 is 1.81 bits per heavy atom. The molecule has 0 bridgehead atoms. The third kappa shape index (κ3) is 3.79. The maximum Gasteiger partial charge on any atom is 0.227 e. The van der Waals surface area contributed by atoms with E-state index in [-0.39, 0.29) is 30.0 Å². The number of halogens is 2. The van der Waals surface area contributed by atoms with E-state index in [1.165, 1.54) is 18.2 Å². The number of hydrogen-bond acceptors (Lipinski definition) is 2. The van der Waals surface area contributed by atoms with Crippen LogP contribution in [-0.4, -0.2) is 29.4 Å². The average molecular weight is 296 g/mol. The molecule has 0 aliphatic heterocycles. The Kier molecular flexibility index (Phi) is 5.28. The van der Waals surface area contributed by atoms with Gasteiger partial charge in [0, 0.05) is 24.2 Å². The fraction of sp³-hybridized carbons (Fsp3) is 0.562. The second kappa shape index (κ2) is 6.98. The van der Waals surface area contributed by atoms with Crippen LogP contribution >= 0.6 is 0 Å². The van der Waals surface area contributed by atoms with Gasteiger partial charge in [-0.15, -0.1) is 0 Å². The minimum absolute atomic E-state index is 0.136. The molecule has 0 spiro atoms. The lowest BCUT2D eigenvalue weighted by Crippen LogP contribution is -2.44. The van der Waals surface area contributed by atoms with Crippen molar-refractivity contribution in [3.8, 4) is 0 Å². The summed E-state index contributed by atoms with van der Waals surface area (Å²) in [5.74, 6) is -1.54. The van der Waals surface area contributed by atoms with Gasteiger partial charge in [-0.25, -0.2) is 8.78 Å². The van der Waals surface area contributed by atoms with Gasteiger partial charge in [-0.1, -0.05) is 6.07 Å². The lowest BCUT2D eigenvalue weighted by atomic mass is 9.90. The topological polar surface area (TPSA) is 46.3 Å². The molecular weight excluding hydrogens is 274 g/mol. The minimum Gasteiger partial charge on any atom is -0.340 e. The van der Waals surface area contributed by atoms with Crippen molar-refractivity contribution in [3.63, 3.8) is 0 Å². The van der Waals surface area contributed by atoms with Gasteiger partial charge in [-0.2, -0.15) is 0 Å². The van der Waals surface area contributed by atoms with Crippen molar-refractivity contribution in [2.75, 3.05) is 6.54 Å². The van der Waals surface area contributed by atoms with Crippen molar-refractivity contribution < 1.29 is 13.6 Å². The van der Waals surface area contributed by atoms with Crippen LogP contribution in [-0.2, 0) is 11.2 Å². The first kappa shape index (κ1) is 15.9. The smallest absolute Gasteiger partial charge is 0.227 e. The quantitative estimate of drug-likeness (QED) is 0.928. The van der Waals surface area contributed by atoms with Crippen LogP contribution in [0.4, 0.5) is 8.78 Å². The van der Waals surface area contributed by atoms with E-state index >= 15 is 0 Å². The van der Waals surface area contributed by atoms with Gasteiger partial charge >= 0.3 is 0 Å². The van der Waals surface area contributed by atoms with Crippen LogP contribution in [0.5, 0.6) is 0 Å². The van der Waals surface area contributed by atoms with E-state index in [9.17, 15) is 13.6 Å². The van der Waals surface area contributed by atoms with Gasteiger partial charge in [-0.3, -0.25) is 4.79 Å². The zero-order valence-corrected chi connectivity index (χ0v) is 12.3. The van der Waals surface area contributed by atoms with Gasteiger partial charge < -0.3 is 10.6 Å². The van der Waals surface area contributed by atoms with Crippen LogP contribution in [0, 0.1) is 11.6 Å². The number of carbonyl (C=O) groups is 1. The van der Waals surface area contributed by atoms with E-state index in [1.54, 1.807) is 4.90 Å². The molecule has 5 heteroatoms. The molecule has 21 heavy (non-hydrogen) atoms. The average Bonchev–Trinajstić information content (AvgIpc) is 2.46. The molecule has 0 heterocycles. The fourth-order valence-corrected chi connectivity index (χ4v) is 3.01. The van der Waals surface area contributed by atoms with Crippen molar-refractivity contribution in [1.82, 2.24) is 4.90 Å². The second-order valence-corrected chi connectivity index (χ2v) is 5.63. The number of hydrogen-bond donors (Lipinski definition) is 1. The molecule has 0 aromatic heterocycles. The number of benzene rings is 1. The predicted octanol–water partition coefficient (Wildman–Crippen LogP) is 2.63. The van der Waals surface area contributed by atoms with E-state index in [1.807, 2.05) is 6.92 Å². The van der Waals surface area contributed by atoms with E-state index in [0.29, 0.717) is 6.54 Å². The van der Waals surface area contributed by atoms with Crippen LogP contribution in [0.1, 0.15) is 38.2 Å². The van der Waals surface area contributed by atoms with Crippen molar-refractivity contribution >= 4 is 5.91 Å². The molecule has 1 amide bonds. The lowest BCUT2D eigenvalue weighted by molar-refractivity contribution is -0.133. The molecule has 1 aromatic rings. The highest BCUT2D eigenvalue weighted by molar-refractivity contribution is 5.79. The second-order valence-electron chi connectivity index (χ2n) is 5.63. The summed E-state index contributed by atoms with van der Waals surface area (Å²) in [6.07, 6.45) is 3.28. The van der Waals surface area contributed by atoms with Gasteiger partial charge in [0.2, 0.25) is 5.91 Å². The molecule has 0 atom stereocenters. The summed E-state index contributed by atoms with van der Waals surface area (Å²) < 4.78 is 27.3. The largest absolute Gasteiger partial charge is 0.340 e. The van der Waals surface area contributed by atoms with Crippen LogP contribution in [0.3, 0.4) is 0 Å². The number of nitrogens with two attached hydrogens (primary N) is 1. The van der Waals surface area contributed by atoms with Crippen LogP contribution in [0.2, 0.25) is 0 Å². The molecule has 2 N–H and O–H groups in total. The minimum atomic E-state index is -0.662. The van der Waals surface area contributed by atoms with Gasteiger partial charge in [-0.05, 0) is 44.7 Å². The van der Waals surface area contributed by atoms with Crippen LogP contribution < -0.4 is 5.73 Å². The molecule has 116 valence electrons. The zero-order chi connectivity index (χ0) is 15.4. The highest BCUT2D eigenvalue weighted by Crippen LogP contribution is 2.23. The Balaban J connectivity index is 2.07.